The lowest BCUT2D eigenvalue weighted by Crippen LogP contribution is -2.12. The molecule has 0 aliphatic carbocycles. The van der Waals surface area contributed by atoms with E-state index in [9.17, 15) is 9.90 Å². The summed E-state index contributed by atoms with van der Waals surface area (Å²) in [6.07, 6.45) is 3.36. The van der Waals surface area contributed by atoms with Crippen LogP contribution in [-0.4, -0.2) is 17.7 Å². The van der Waals surface area contributed by atoms with Crippen LogP contribution in [0.25, 0.3) is 0 Å². The molecule has 0 fully saturated rings. The Bertz CT molecular complexity index is 360. The van der Waals surface area contributed by atoms with Crippen molar-refractivity contribution < 1.29 is 14.6 Å². The van der Waals surface area contributed by atoms with Crippen LogP contribution in [0.1, 0.15) is 43.5 Å². The maximum Gasteiger partial charge on any atom is 0.341 e. The molecule has 94 valence electrons. The van der Waals surface area contributed by atoms with Gasteiger partial charge < -0.3 is 9.84 Å². The van der Waals surface area contributed by atoms with E-state index in [0.717, 1.165) is 19.3 Å². The molecular formula is C14H20O3. The molecule has 0 aromatic heterocycles. The van der Waals surface area contributed by atoms with E-state index in [1.807, 2.05) is 0 Å². The summed E-state index contributed by atoms with van der Waals surface area (Å²) in [6.45, 7) is 4.61. The van der Waals surface area contributed by atoms with Gasteiger partial charge in [0.2, 0.25) is 0 Å². The fourth-order valence-corrected chi connectivity index (χ4v) is 1.58. The topological polar surface area (TPSA) is 46.5 Å². The Morgan fingerprint density at radius 3 is 2.76 bits per heavy atom. The molecule has 0 amide bonds. The van der Waals surface area contributed by atoms with Gasteiger partial charge in [0.15, 0.2) is 0 Å². The van der Waals surface area contributed by atoms with E-state index < -0.39 is 5.97 Å². The van der Waals surface area contributed by atoms with Gasteiger partial charge in [-0.15, -0.1) is 0 Å². The van der Waals surface area contributed by atoms with E-state index in [1.165, 1.54) is 6.07 Å². The number of phenols is 1. The van der Waals surface area contributed by atoms with Crippen molar-refractivity contribution in [2.45, 2.75) is 33.1 Å². The van der Waals surface area contributed by atoms with Gasteiger partial charge in [-0.25, -0.2) is 4.79 Å². The van der Waals surface area contributed by atoms with Crippen LogP contribution in [-0.2, 0) is 4.74 Å². The highest BCUT2D eigenvalue weighted by Gasteiger charge is 2.13. The predicted molar refractivity (Wildman–Crippen MR) is 67.1 cm³/mol. The molecule has 3 nitrogen and oxygen atoms in total. The van der Waals surface area contributed by atoms with E-state index in [0.29, 0.717) is 12.5 Å². The first-order chi connectivity index (χ1) is 8.15. The molecule has 0 saturated carbocycles. The first kappa shape index (κ1) is 13.6. The second kappa shape index (κ2) is 6.94. The second-order valence-corrected chi connectivity index (χ2v) is 4.36. The van der Waals surface area contributed by atoms with Gasteiger partial charge in [0.05, 0.1) is 6.61 Å². The second-order valence-electron chi connectivity index (χ2n) is 4.36. The van der Waals surface area contributed by atoms with Crippen LogP contribution in [0.3, 0.4) is 0 Å². The van der Waals surface area contributed by atoms with Gasteiger partial charge in [0.1, 0.15) is 11.3 Å². The molecule has 1 atom stereocenters. The Balaban J connectivity index is 2.42. The summed E-state index contributed by atoms with van der Waals surface area (Å²) >= 11 is 0. The maximum absolute atomic E-state index is 11.7. The van der Waals surface area contributed by atoms with Crippen molar-refractivity contribution in [2.75, 3.05) is 6.61 Å². The van der Waals surface area contributed by atoms with Crippen molar-refractivity contribution in [2.24, 2.45) is 5.92 Å². The molecule has 0 radical (unpaired) electrons. The molecule has 1 rings (SSSR count). The Morgan fingerprint density at radius 1 is 1.41 bits per heavy atom. The predicted octanol–water partition coefficient (Wildman–Crippen LogP) is 3.38. The third kappa shape index (κ3) is 4.47. The third-order valence-corrected chi connectivity index (χ3v) is 2.67. The number of rotatable bonds is 6. The number of para-hydroxylation sites is 1. The number of unbranched alkanes of at least 4 members (excludes halogenated alkanes) is 1. The number of carbonyl (C=O) groups excluding carboxylic acids is 1. The zero-order valence-electron chi connectivity index (χ0n) is 10.5. The van der Waals surface area contributed by atoms with Gasteiger partial charge in [0, 0.05) is 0 Å². The number of esters is 1. The van der Waals surface area contributed by atoms with Gasteiger partial charge in [0.25, 0.3) is 0 Å². The van der Waals surface area contributed by atoms with E-state index >= 15 is 0 Å². The van der Waals surface area contributed by atoms with E-state index in [2.05, 4.69) is 13.8 Å². The van der Waals surface area contributed by atoms with Crippen molar-refractivity contribution in [1.82, 2.24) is 0 Å². The SMILES string of the molecule is CCCCC(C)COC(=O)c1ccccc1O. The number of benzene rings is 1. The Labute approximate surface area is 102 Å². The molecule has 1 N–H and O–H groups in total. The number of hydrogen-bond donors (Lipinski definition) is 1. The van der Waals surface area contributed by atoms with E-state index in [4.69, 9.17) is 4.74 Å². The van der Waals surface area contributed by atoms with Gasteiger partial charge in [-0.05, 0) is 24.5 Å². The molecule has 3 heteroatoms. The lowest BCUT2D eigenvalue weighted by molar-refractivity contribution is 0.0439. The summed E-state index contributed by atoms with van der Waals surface area (Å²) in [5.41, 5.74) is 0.232. The summed E-state index contributed by atoms with van der Waals surface area (Å²) in [5, 5.41) is 9.49. The molecule has 0 aliphatic rings. The highest BCUT2D eigenvalue weighted by Crippen LogP contribution is 2.17. The normalized spacial score (nSPS) is 12.1. The summed E-state index contributed by atoms with van der Waals surface area (Å²) in [5.74, 6) is -0.116. The van der Waals surface area contributed by atoms with Crippen LogP contribution in [0.5, 0.6) is 5.75 Å². The van der Waals surface area contributed by atoms with Crippen LogP contribution < -0.4 is 0 Å². The summed E-state index contributed by atoms with van der Waals surface area (Å²) in [7, 11) is 0. The molecule has 0 bridgehead atoms. The van der Waals surface area contributed by atoms with Crippen LogP contribution >= 0.6 is 0 Å². The standard InChI is InChI=1S/C14H20O3/c1-3-4-7-11(2)10-17-14(16)12-8-5-6-9-13(12)15/h5-6,8-9,11,15H,3-4,7,10H2,1-2H3. The highest BCUT2D eigenvalue weighted by atomic mass is 16.5. The summed E-state index contributed by atoms with van der Waals surface area (Å²) < 4.78 is 5.17. The zero-order valence-corrected chi connectivity index (χ0v) is 10.5. The monoisotopic (exact) mass is 236 g/mol. The summed E-state index contributed by atoms with van der Waals surface area (Å²) in [4.78, 5) is 11.7. The smallest absolute Gasteiger partial charge is 0.341 e. The average molecular weight is 236 g/mol. The maximum atomic E-state index is 11.7. The molecule has 1 aromatic rings. The molecule has 0 saturated heterocycles. The lowest BCUT2D eigenvalue weighted by Gasteiger charge is -2.11. The van der Waals surface area contributed by atoms with Gasteiger partial charge in [-0.1, -0.05) is 38.8 Å². The third-order valence-electron chi connectivity index (χ3n) is 2.67. The van der Waals surface area contributed by atoms with Gasteiger partial charge in [-0.3, -0.25) is 0 Å². The fourth-order valence-electron chi connectivity index (χ4n) is 1.58. The molecular weight excluding hydrogens is 216 g/mol. The fraction of sp³-hybridized carbons (Fsp3) is 0.500. The molecule has 17 heavy (non-hydrogen) atoms. The molecule has 1 unspecified atom stereocenters. The molecule has 0 heterocycles. The van der Waals surface area contributed by atoms with Crippen molar-refractivity contribution in [1.29, 1.82) is 0 Å². The molecule has 0 spiro atoms. The van der Waals surface area contributed by atoms with Crippen molar-refractivity contribution in [3.05, 3.63) is 29.8 Å². The number of hydrogen-bond acceptors (Lipinski definition) is 3. The first-order valence-corrected chi connectivity index (χ1v) is 6.10. The van der Waals surface area contributed by atoms with Gasteiger partial charge >= 0.3 is 5.97 Å². The van der Waals surface area contributed by atoms with Gasteiger partial charge in [-0.2, -0.15) is 0 Å². The lowest BCUT2D eigenvalue weighted by atomic mass is 10.1. The van der Waals surface area contributed by atoms with Crippen LogP contribution in [0.4, 0.5) is 0 Å². The minimum absolute atomic E-state index is 0.0290. The zero-order chi connectivity index (χ0) is 12.7. The Kier molecular flexibility index (Phi) is 5.53. The van der Waals surface area contributed by atoms with Crippen LogP contribution in [0.15, 0.2) is 24.3 Å². The van der Waals surface area contributed by atoms with Crippen molar-refractivity contribution in [3.63, 3.8) is 0 Å². The highest BCUT2D eigenvalue weighted by molar-refractivity contribution is 5.92. The first-order valence-electron chi connectivity index (χ1n) is 6.10. The number of phenolic OH excluding ortho intramolecular Hbond substituents is 1. The average Bonchev–Trinajstić information content (AvgIpc) is 2.34. The van der Waals surface area contributed by atoms with Crippen LogP contribution in [0.2, 0.25) is 0 Å². The molecule has 0 aliphatic heterocycles. The van der Waals surface area contributed by atoms with E-state index in [-0.39, 0.29) is 11.3 Å². The number of ether oxygens (including phenoxy) is 1. The largest absolute Gasteiger partial charge is 0.507 e. The van der Waals surface area contributed by atoms with Crippen molar-refractivity contribution in [3.8, 4) is 5.75 Å². The minimum atomic E-state index is -0.452. The molecule has 1 aromatic carbocycles. The number of carbonyl (C=O) groups is 1. The van der Waals surface area contributed by atoms with Crippen molar-refractivity contribution >= 4 is 5.97 Å². The minimum Gasteiger partial charge on any atom is -0.507 e. The van der Waals surface area contributed by atoms with E-state index in [1.54, 1.807) is 18.2 Å². The summed E-state index contributed by atoms with van der Waals surface area (Å²) in [6, 6.07) is 6.43. The number of aromatic hydroxyl groups is 1. The Morgan fingerprint density at radius 2 is 2.12 bits per heavy atom. The van der Waals surface area contributed by atoms with Crippen LogP contribution in [0, 0.1) is 5.92 Å². The quantitative estimate of drug-likeness (QED) is 0.770. The Hall–Kier alpha value is -1.51.